The Morgan fingerprint density at radius 3 is 2.66 bits per heavy atom. The molecule has 0 bridgehead atoms. The van der Waals surface area contributed by atoms with Crippen molar-refractivity contribution in [2.45, 2.75) is 53.1 Å². The summed E-state index contributed by atoms with van der Waals surface area (Å²) in [5.74, 6) is -0.887. The van der Waals surface area contributed by atoms with Gasteiger partial charge in [0, 0.05) is 9.75 Å². The summed E-state index contributed by atoms with van der Waals surface area (Å²) < 4.78 is 10.5. The van der Waals surface area contributed by atoms with Crippen LogP contribution in [-0.2, 0) is 27.1 Å². The van der Waals surface area contributed by atoms with Crippen molar-refractivity contribution in [1.82, 2.24) is 0 Å². The lowest BCUT2D eigenvalue weighted by Crippen LogP contribution is -2.30. The van der Waals surface area contributed by atoms with Gasteiger partial charge in [0.05, 0.1) is 12.2 Å². The highest BCUT2D eigenvalue weighted by atomic mass is 32.1. The van der Waals surface area contributed by atoms with E-state index in [0.29, 0.717) is 21.4 Å². The van der Waals surface area contributed by atoms with Crippen LogP contribution >= 0.6 is 22.7 Å². The first-order chi connectivity index (χ1) is 13.8. The first kappa shape index (κ1) is 21.5. The SMILES string of the molecule is CCOC(=O)c1c(NC(=O)C(C)OC(=O)c2ccc(C)s2)sc2c1CCC(C)C2. The summed E-state index contributed by atoms with van der Waals surface area (Å²) in [5.41, 5.74) is 1.42. The normalized spacial score (nSPS) is 16.6. The standard InChI is InChI=1S/C21H25NO5S2/c1-5-26-21(25)17-14-8-6-11(2)10-16(14)29-19(17)22-18(23)13(4)27-20(24)15-9-7-12(3)28-15/h7,9,11,13H,5-6,8,10H2,1-4H3,(H,22,23). The van der Waals surface area contributed by atoms with E-state index in [1.54, 1.807) is 13.0 Å². The zero-order valence-corrected chi connectivity index (χ0v) is 18.6. The number of carbonyl (C=O) groups excluding carboxylic acids is 3. The number of nitrogens with one attached hydrogen (secondary N) is 1. The monoisotopic (exact) mass is 435 g/mol. The lowest BCUT2D eigenvalue weighted by Gasteiger charge is -2.18. The highest BCUT2D eigenvalue weighted by Crippen LogP contribution is 2.40. The van der Waals surface area contributed by atoms with Crippen LogP contribution in [0.3, 0.4) is 0 Å². The molecule has 1 aliphatic carbocycles. The number of ether oxygens (including phenoxy) is 2. The van der Waals surface area contributed by atoms with Gasteiger partial charge in [0.1, 0.15) is 9.88 Å². The number of fused-ring (bicyclic) bond motifs is 1. The number of rotatable bonds is 6. The van der Waals surface area contributed by atoms with Crippen molar-refractivity contribution < 1.29 is 23.9 Å². The Balaban J connectivity index is 1.76. The molecule has 6 nitrogen and oxygen atoms in total. The predicted molar refractivity (Wildman–Crippen MR) is 114 cm³/mol. The maximum atomic E-state index is 12.7. The molecule has 1 aliphatic rings. The third kappa shape index (κ3) is 4.87. The maximum Gasteiger partial charge on any atom is 0.349 e. The molecule has 0 fully saturated rings. The summed E-state index contributed by atoms with van der Waals surface area (Å²) in [6.45, 7) is 7.62. The molecule has 29 heavy (non-hydrogen) atoms. The topological polar surface area (TPSA) is 81.7 Å². The molecule has 0 radical (unpaired) electrons. The molecular formula is C21H25NO5S2. The molecule has 3 rings (SSSR count). The van der Waals surface area contributed by atoms with Gasteiger partial charge in [0.25, 0.3) is 5.91 Å². The minimum Gasteiger partial charge on any atom is -0.462 e. The van der Waals surface area contributed by atoms with E-state index in [0.717, 1.165) is 34.6 Å². The van der Waals surface area contributed by atoms with Crippen LogP contribution in [0.4, 0.5) is 5.00 Å². The number of esters is 2. The third-order valence-electron chi connectivity index (χ3n) is 4.82. The molecule has 8 heteroatoms. The molecule has 1 amide bonds. The van der Waals surface area contributed by atoms with Crippen LogP contribution in [0.25, 0.3) is 0 Å². The van der Waals surface area contributed by atoms with Crippen molar-refractivity contribution in [2.24, 2.45) is 5.92 Å². The average Bonchev–Trinajstić information content (AvgIpc) is 3.24. The predicted octanol–water partition coefficient (Wildman–Crippen LogP) is 4.60. The van der Waals surface area contributed by atoms with Crippen molar-refractivity contribution in [2.75, 3.05) is 11.9 Å². The quantitative estimate of drug-likeness (QED) is 0.671. The lowest BCUT2D eigenvalue weighted by atomic mass is 9.88. The van der Waals surface area contributed by atoms with Gasteiger partial charge < -0.3 is 14.8 Å². The van der Waals surface area contributed by atoms with Gasteiger partial charge in [0.2, 0.25) is 0 Å². The molecule has 0 saturated carbocycles. The molecular weight excluding hydrogens is 410 g/mol. The molecule has 2 aromatic rings. The lowest BCUT2D eigenvalue weighted by molar-refractivity contribution is -0.123. The number of hydrogen-bond acceptors (Lipinski definition) is 7. The van der Waals surface area contributed by atoms with E-state index >= 15 is 0 Å². The molecule has 2 atom stereocenters. The Hall–Kier alpha value is -2.19. The van der Waals surface area contributed by atoms with Gasteiger partial charge in [-0.3, -0.25) is 4.79 Å². The van der Waals surface area contributed by atoms with E-state index < -0.39 is 23.9 Å². The second kappa shape index (κ2) is 9.09. The van der Waals surface area contributed by atoms with Gasteiger partial charge in [-0.25, -0.2) is 9.59 Å². The fraction of sp³-hybridized carbons (Fsp3) is 0.476. The fourth-order valence-corrected chi connectivity index (χ4v) is 5.44. The average molecular weight is 436 g/mol. The van der Waals surface area contributed by atoms with E-state index in [4.69, 9.17) is 9.47 Å². The molecule has 0 aliphatic heterocycles. The van der Waals surface area contributed by atoms with E-state index in [1.807, 2.05) is 13.0 Å². The van der Waals surface area contributed by atoms with Crippen LogP contribution in [-0.4, -0.2) is 30.6 Å². The van der Waals surface area contributed by atoms with Crippen molar-refractivity contribution >= 4 is 45.5 Å². The number of carbonyl (C=O) groups is 3. The van der Waals surface area contributed by atoms with E-state index in [1.165, 1.54) is 29.6 Å². The second-order valence-corrected chi connectivity index (χ2v) is 9.62. The van der Waals surface area contributed by atoms with Crippen molar-refractivity contribution in [3.8, 4) is 0 Å². The summed E-state index contributed by atoms with van der Waals surface area (Å²) in [6, 6.07) is 3.51. The summed E-state index contributed by atoms with van der Waals surface area (Å²) in [6.07, 6.45) is 1.68. The zero-order valence-electron chi connectivity index (χ0n) is 17.0. The summed E-state index contributed by atoms with van der Waals surface area (Å²) in [5, 5.41) is 3.26. The van der Waals surface area contributed by atoms with Gasteiger partial charge in [-0.2, -0.15) is 0 Å². The number of aryl methyl sites for hydroxylation is 1. The molecule has 0 saturated heterocycles. The van der Waals surface area contributed by atoms with Gasteiger partial charge in [-0.05, 0) is 63.6 Å². The zero-order chi connectivity index (χ0) is 21.1. The van der Waals surface area contributed by atoms with E-state index in [9.17, 15) is 14.4 Å². The Kier molecular flexibility index (Phi) is 6.74. The maximum absolute atomic E-state index is 12.7. The largest absolute Gasteiger partial charge is 0.462 e. The first-order valence-corrected chi connectivity index (χ1v) is 11.3. The van der Waals surface area contributed by atoms with Crippen LogP contribution in [0.5, 0.6) is 0 Å². The molecule has 2 unspecified atom stereocenters. The van der Waals surface area contributed by atoms with Gasteiger partial charge in [-0.15, -0.1) is 22.7 Å². The highest BCUT2D eigenvalue weighted by molar-refractivity contribution is 7.17. The van der Waals surface area contributed by atoms with Crippen LogP contribution in [0.2, 0.25) is 0 Å². The molecule has 2 aromatic heterocycles. The van der Waals surface area contributed by atoms with Gasteiger partial charge in [-0.1, -0.05) is 6.92 Å². The first-order valence-electron chi connectivity index (χ1n) is 9.70. The Morgan fingerprint density at radius 1 is 1.24 bits per heavy atom. The summed E-state index contributed by atoms with van der Waals surface area (Å²) >= 11 is 2.73. The highest BCUT2D eigenvalue weighted by Gasteiger charge is 2.30. The summed E-state index contributed by atoms with van der Waals surface area (Å²) in [7, 11) is 0. The number of thiophene rings is 2. The van der Waals surface area contributed by atoms with Crippen LogP contribution in [0.15, 0.2) is 12.1 Å². The minimum absolute atomic E-state index is 0.265. The Labute approximate surface area is 178 Å². The summed E-state index contributed by atoms with van der Waals surface area (Å²) in [4.78, 5) is 40.0. The minimum atomic E-state index is -0.988. The van der Waals surface area contributed by atoms with E-state index in [-0.39, 0.29) is 6.61 Å². The Bertz CT molecular complexity index is 930. The smallest absolute Gasteiger partial charge is 0.349 e. The van der Waals surface area contributed by atoms with Crippen LogP contribution in [0, 0.1) is 12.8 Å². The third-order valence-corrected chi connectivity index (χ3v) is 6.97. The van der Waals surface area contributed by atoms with Gasteiger partial charge in [0.15, 0.2) is 6.10 Å². The van der Waals surface area contributed by atoms with Crippen molar-refractivity contribution in [1.29, 1.82) is 0 Å². The number of anilines is 1. The van der Waals surface area contributed by atoms with E-state index in [2.05, 4.69) is 12.2 Å². The molecule has 0 spiro atoms. The number of hydrogen-bond donors (Lipinski definition) is 1. The van der Waals surface area contributed by atoms with Crippen LogP contribution in [0.1, 0.15) is 62.5 Å². The fourth-order valence-electron chi connectivity index (χ4n) is 3.29. The molecule has 2 heterocycles. The molecule has 156 valence electrons. The van der Waals surface area contributed by atoms with Crippen LogP contribution < -0.4 is 5.32 Å². The van der Waals surface area contributed by atoms with Crippen molar-refractivity contribution in [3.63, 3.8) is 0 Å². The molecule has 1 N–H and O–H groups in total. The van der Waals surface area contributed by atoms with Crippen molar-refractivity contribution in [3.05, 3.63) is 37.9 Å². The second-order valence-electron chi connectivity index (χ2n) is 7.22. The Morgan fingerprint density at radius 2 is 2.00 bits per heavy atom. The molecule has 0 aromatic carbocycles. The van der Waals surface area contributed by atoms with Gasteiger partial charge >= 0.3 is 11.9 Å². The number of amides is 1.